The second kappa shape index (κ2) is 31.0. The Balaban J connectivity index is 0.000000112. The lowest BCUT2D eigenvalue weighted by Crippen LogP contribution is -2.47. The van der Waals surface area contributed by atoms with Gasteiger partial charge in [0.05, 0.1) is 59.3 Å². The molecular formula is C94H82N14O9. The zero-order valence-electron chi connectivity index (χ0n) is 64.4. The summed E-state index contributed by atoms with van der Waals surface area (Å²) in [6.07, 6.45) is 12.7. The molecule has 0 radical (unpaired) electrons. The quantitative estimate of drug-likeness (QED) is 0.0623. The maximum atomic E-state index is 13.0. The molecule has 4 fully saturated rings. The van der Waals surface area contributed by atoms with Crippen LogP contribution in [0.3, 0.4) is 0 Å². The summed E-state index contributed by atoms with van der Waals surface area (Å²) in [5.74, 6) is 1.45. The number of aryl methyl sites for hydroxylation is 2. The van der Waals surface area contributed by atoms with Crippen LogP contribution < -0.4 is 26.0 Å². The number of rotatable bonds is 12. The predicted octanol–water partition coefficient (Wildman–Crippen LogP) is 15.9. The number of phenols is 2. The standard InChI is InChI=1S/C25H20N2O2.C24H21N3O3.C23H20N4O2.C22H21N5O2/c1-2-25(29)27-14-20(15-27)16-7-8-17-11-24(26-13-19(17)9-16)23-12-21(28)10-18-5-3-4-6-22(18)23;1-2-23(29)26-12-18(13-26)15-7-8-17-14-27(24(30)25-21(17)10-15)22-11-19(28)9-16-5-3-4-6-20(16)22;1-3-21(28)26-11-18(12-26)15-5-6-16-13-27(22(29)9-17(16)8-15)23-14(2)4-7-20-19(23)10-24-25-20;1-3-20(28)26-10-16(11-26)14-5-6-15-12-27(22(29)24-19(15)8-14)21-13(2)4-7-18-17(21)9-23-25-18/h2-13,20,28H,1,14-15H2;2-11,18,28H,1,12-14H2,(H,25,30);3-10,13,18H,1,11-12H2,2H3,(H,24,25);3-9,16H,1,10-12H2,2H3,(H,23,25)(H,24,29). The van der Waals surface area contributed by atoms with Gasteiger partial charge in [0.1, 0.15) is 11.5 Å². The Kier molecular flexibility index (Phi) is 19.9. The third-order valence-electron chi connectivity index (χ3n) is 23.2. The van der Waals surface area contributed by atoms with Crippen molar-refractivity contribution in [2.24, 2.45) is 0 Å². The normalized spacial score (nSPS) is 15.2. The van der Waals surface area contributed by atoms with Crippen LogP contribution in [0, 0.1) is 13.8 Å². The lowest BCUT2D eigenvalue weighted by atomic mass is 9.89. The molecule has 6 aliphatic heterocycles. The van der Waals surface area contributed by atoms with E-state index in [1.54, 1.807) is 76.7 Å². The summed E-state index contributed by atoms with van der Waals surface area (Å²) < 4.78 is 1.70. The Labute approximate surface area is 672 Å². The minimum atomic E-state index is -0.229. The van der Waals surface area contributed by atoms with Gasteiger partial charge < -0.3 is 40.4 Å². The molecule has 0 bridgehead atoms. The van der Waals surface area contributed by atoms with Crippen molar-refractivity contribution in [2.75, 3.05) is 72.8 Å². The molecule has 4 aromatic heterocycles. The number of carbonyl (C=O) groups is 6. The summed E-state index contributed by atoms with van der Waals surface area (Å²) in [5, 5.41) is 50.2. The molecule has 20 rings (SSSR count). The van der Waals surface area contributed by atoms with Crippen molar-refractivity contribution in [1.82, 2.24) is 49.5 Å². The van der Waals surface area contributed by atoms with Crippen LogP contribution in [0.15, 0.2) is 262 Å². The Morgan fingerprint density at radius 1 is 0.419 bits per heavy atom. The van der Waals surface area contributed by atoms with E-state index < -0.39 is 0 Å². The van der Waals surface area contributed by atoms with Crippen LogP contribution in [0.2, 0.25) is 0 Å². The number of phenolic OH excluding ortho intramolecular Hbond substituents is 2. The molecule has 4 saturated heterocycles. The molecule has 6 aliphatic rings. The summed E-state index contributed by atoms with van der Waals surface area (Å²) in [6, 6.07) is 58.7. The fourth-order valence-corrected chi connectivity index (χ4v) is 16.6. The molecule has 117 heavy (non-hydrogen) atoms. The first kappa shape index (κ1) is 75.0. The lowest BCUT2D eigenvalue weighted by molar-refractivity contribution is -0.131. The summed E-state index contributed by atoms with van der Waals surface area (Å²) >= 11 is 0. The molecule has 0 saturated carbocycles. The third-order valence-corrected chi connectivity index (χ3v) is 23.2. The number of carbonyl (C=O) groups excluding carboxylic acids is 6. The SMILES string of the molecule is C=CC(=O)N1CC(c2ccc3c(c2)NC(=O)N(c2c(C)ccc4[nH]ncc24)C3)C1.C=CC(=O)N1CC(c2ccc3c(c2)NC(=O)N(c2cc(O)cc4ccccc24)C3)C1.C=CC(=O)N1CC(c2ccc3cc(-c4cc(O)cc5ccccc45)ncc3c2)C1.C=CC(=O)N1CC(c2ccc3cn(-c4c(C)ccc5[nH]ncc45)c(=O)cc3c2)C1. The van der Waals surface area contributed by atoms with E-state index in [0.29, 0.717) is 75.8 Å². The molecule has 0 atom stereocenters. The summed E-state index contributed by atoms with van der Waals surface area (Å²) in [7, 11) is 0. The number of hydrogen-bond acceptors (Lipinski definition) is 12. The highest BCUT2D eigenvalue weighted by molar-refractivity contribution is 6.12. The number of nitrogens with one attached hydrogen (secondary N) is 4. The fourth-order valence-electron chi connectivity index (χ4n) is 16.6. The number of nitrogens with zero attached hydrogens (tertiary/aromatic N) is 10. The highest BCUT2D eigenvalue weighted by Crippen LogP contribution is 2.42. The van der Waals surface area contributed by atoms with Gasteiger partial charge in [-0.3, -0.25) is 53.5 Å². The Morgan fingerprint density at radius 3 is 1.40 bits per heavy atom. The van der Waals surface area contributed by atoms with Gasteiger partial charge >= 0.3 is 12.1 Å². The molecule has 6 N–H and O–H groups in total. The second-order valence-corrected chi connectivity index (χ2v) is 30.5. The number of anilines is 4. The molecule has 8 amide bonds. The maximum Gasteiger partial charge on any atom is 0.326 e. The monoisotopic (exact) mass is 1550 g/mol. The van der Waals surface area contributed by atoms with Crippen molar-refractivity contribution in [3.05, 3.63) is 312 Å². The number of amides is 8. The molecule has 10 heterocycles. The van der Waals surface area contributed by atoms with E-state index >= 15 is 0 Å². The van der Waals surface area contributed by atoms with Crippen LogP contribution in [0.5, 0.6) is 11.5 Å². The Hall–Kier alpha value is -14.7. The molecule has 0 unspecified atom stereocenters. The van der Waals surface area contributed by atoms with Crippen LogP contribution in [-0.2, 0) is 32.3 Å². The summed E-state index contributed by atoms with van der Waals surface area (Å²) in [5.41, 5.74) is 16.2. The Bertz CT molecular complexity index is 6540. The van der Waals surface area contributed by atoms with Gasteiger partial charge in [-0.2, -0.15) is 10.2 Å². The number of hydrogen-bond donors (Lipinski definition) is 6. The molecule has 23 nitrogen and oxygen atoms in total. The van der Waals surface area contributed by atoms with E-state index in [4.69, 9.17) is 0 Å². The largest absolute Gasteiger partial charge is 0.508 e. The average Bonchev–Trinajstić information content (AvgIpc) is 1.76. The van der Waals surface area contributed by atoms with Crippen molar-refractivity contribution in [3.63, 3.8) is 0 Å². The zero-order valence-corrected chi connectivity index (χ0v) is 64.4. The Morgan fingerprint density at radius 2 is 0.863 bits per heavy atom. The van der Waals surface area contributed by atoms with E-state index in [0.717, 1.165) is 151 Å². The molecule has 582 valence electrons. The van der Waals surface area contributed by atoms with Crippen LogP contribution in [-0.4, -0.2) is 148 Å². The highest BCUT2D eigenvalue weighted by Gasteiger charge is 2.37. The van der Waals surface area contributed by atoms with E-state index in [9.17, 15) is 43.8 Å². The highest BCUT2D eigenvalue weighted by atomic mass is 16.3. The fraction of sp³-hybridized carbons (Fsp3) is 0.170. The van der Waals surface area contributed by atoms with Crippen LogP contribution in [0.1, 0.15) is 68.2 Å². The average molecular weight is 1550 g/mol. The maximum absolute atomic E-state index is 13.0. The van der Waals surface area contributed by atoms with Crippen LogP contribution >= 0.6 is 0 Å². The van der Waals surface area contributed by atoms with E-state index in [1.807, 2.05) is 123 Å². The number of fused-ring (bicyclic) bond motifs is 8. The summed E-state index contributed by atoms with van der Waals surface area (Å²) in [6.45, 7) is 24.6. The minimum Gasteiger partial charge on any atom is -0.508 e. The molecule has 14 aromatic rings. The predicted molar refractivity (Wildman–Crippen MR) is 458 cm³/mol. The van der Waals surface area contributed by atoms with Gasteiger partial charge in [0.2, 0.25) is 23.6 Å². The van der Waals surface area contributed by atoms with Crippen molar-refractivity contribution in [1.29, 1.82) is 0 Å². The number of pyridine rings is 2. The van der Waals surface area contributed by atoms with E-state index in [-0.39, 0.29) is 58.7 Å². The number of aromatic hydroxyl groups is 2. The third kappa shape index (κ3) is 14.5. The molecule has 23 heteroatoms. The molecule has 0 aliphatic carbocycles. The molecule has 0 spiro atoms. The van der Waals surface area contributed by atoms with Crippen LogP contribution in [0.4, 0.5) is 32.3 Å². The van der Waals surface area contributed by atoms with Gasteiger partial charge in [0, 0.05) is 139 Å². The van der Waals surface area contributed by atoms with Gasteiger partial charge in [-0.05, 0) is 170 Å². The number of aromatic nitrogens is 6. The topological polar surface area (TPSA) is 279 Å². The van der Waals surface area contributed by atoms with Crippen molar-refractivity contribution in [2.45, 2.75) is 50.6 Å². The molecule has 10 aromatic carbocycles. The van der Waals surface area contributed by atoms with Gasteiger partial charge in [0.15, 0.2) is 0 Å². The number of aromatic amines is 2. The first-order valence-electron chi connectivity index (χ1n) is 38.7. The van der Waals surface area contributed by atoms with E-state index in [2.05, 4.69) is 117 Å². The van der Waals surface area contributed by atoms with E-state index in [1.165, 1.54) is 29.9 Å². The van der Waals surface area contributed by atoms with Gasteiger partial charge in [-0.15, -0.1) is 0 Å². The number of likely N-dealkylation sites (tertiary alicyclic amines) is 4. The van der Waals surface area contributed by atoms with Crippen molar-refractivity contribution >= 4 is 123 Å². The number of benzene rings is 10. The minimum absolute atomic E-state index is 0.00770. The van der Waals surface area contributed by atoms with Crippen molar-refractivity contribution in [3.8, 4) is 28.4 Å². The number of urea groups is 2. The van der Waals surface area contributed by atoms with Crippen molar-refractivity contribution < 1.29 is 39.0 Å². The smallest absolute Gasteiger partial charge is 0.326 e. The lowest BCUT2D eigenvalue weighted by Gasteiger charge is -2.39. The van der Waals surface area contributed by atoms with Gasteiger partial charge in [-0.1, -0.05) is 142 Å². The summed E-state index contributed by atoms with van der Waals surface area (Å²) in [4.78, 5) is 101. The van der Waals surface area contributed by atoms with Gasteiger partial charge in [0.25, 0.3) is 5.56 Å². The first-order chi connectivity index (χ1) is 56.7. The molecular weight excluding hydrogens is 1470 g/mol. The zero-order chi connectivity index (χ0) is 81.0. The number of H-pyrrole nitrogens is 2. The first-order valence-corrected chi connectivity index (χ1v) is 38.7. The van der Waals surface area contributed by atoms with Crippen LogP contribution in [0.25, 0.3) is 81.8 Å². The van der Waals surface area contributed by atoms with Gasteiger partial charge in [-0.25, -0.2) is 9.59 Å². The second-order valence-electron chi connectivity index (χ2n) is 30.5.